The van der Waals surface area contributed by atoms with Crippen LogP contribution in [0, 0.1) is 0 Å². The van der Waals surface area contributed by atoms with Crippen LogP contribution in [0.3, 0.4) is 0 Å². The third kappa shape index (κ3) is 4.96. The van der Waals surface area contributed by atoms with Crippen molar-refractivity contribution in [2.24, 2.45) is 0 Å². The van der Waals surface area contributed by atoms with Crippen LogP contribution in [-0.2, 0) is 20.7 Å². The van der Waals surface area contributed by atoms with Crippen molar-refractivity contribution < 1.29 is 19.4 Å². The molecule has 1 heterocycles. The summed E-state index contributed by atoms with van der Waals surface area (Å²) in [6.45, 7) is 6.17. The molecule has 0 radical (unpaired) electrons. The lowest BCUT2D eigenvalue weighted by Crippen LogP contribution is -2.30. The summed E-state index contributed by atoms with van der Waals surface area (Å²) in [7, 11) is 1.58. The standard InChI is InChI=1S/C12H21N3O4/c1-12(2,3)19-7-9(11(16)17)15-8-13-14-10(15)5-6-18-4/h8-9H,5-7H2,1-4H3,(H,16,17). The Hall–Kier alpha value is -1.47. The van der Waals surface area contributed by atoms with Crippen molar-refractivity contribution >= 4 is 5.97 Å². The summed E-state index contributed by atoms with van der Waals surface area (Å²) in [6, 6.07) is -0.832. The maximum atomic E-state index is 11.4. The lowest BCUT2D eigenvalue weighted by Gasteiger charge is -2.23. The molecule has 0 spiro atoms. The van der Waals surface area contributed by atoms with E-state index in [2.05, 4.69) is 10.2 Å². The van der Waals surface area contributed by atoms with E-state index >= 15 is 0 Å². The third-order valence-corrected chi connectivity index (χ3v) is 2.47. The van der Waals surface area contributed by atoms with Crippen molar-refractivity contribution in [3.63, 3.8) is 0 Å². The number of methoxy groups -OCH3 is 1. The number of hydrogen-bond donors (Lipinski definition) is 1. The van der Waals surface area contributed by atoms with Gasteiger partial charge in [-0.1, -0.05) is 0 Å². The van der Waals surface area contributed by atoms with Gasteiger partial charge in [-0.15, -0.1) is 10.2 Å². The van der Waals surface area contributed by atoms with Gasteiger partial charge in [-0.25, -0.2) is 4.79 Å². The average molecular weight is 271 g/mol. The van der Waals surface area contributed by atoms with Crippen LogP contribution in [0.2, 0.25) is 0 Å². The molecule has 19 heavy (non-hydrogen) atoms. The van der Waals surface area contributed by atoms with Crippen LogP contribution in [0.5, 0.6) is 0 Å². The molecule has 1 atom stereocenters. The molecule has 1 N–H and O–H groups in total. The van der Waals surface area contributed by atoms with Gasteiger partial charge in [-0.3, -0.25) is 0 Å². The Kier molecular flexibility index (Phi) is 5.44. The van der Waals surface area contributed by atoms with E-state index < -0.39 is 17.6 Å². The fourth-order valence-corrected chi connectivity index (χ4v) is 1.50. The Morgan fingerprint density at radius 1 is 1.53 bits per heavy atom. The summed E-state index contributed by atoms with van der Waals surface area (Å²) in [5.74, 6) is -0.394. The normalized spacial score (nSPS) is 13.5. The summed E-state index contributed by atoms with van der Waals surface area (Å²) < 4.78 is 12.0. The number of ether oxygens (including phenoxy) is 2. The number of carboxylic acid groups (broad SMARTS) is 1. The minimum atomic E-state index is -0.970. The molecule has 0 aromatic carbocycles. The molecule has 1 unspecified atom stereocenters. The van der Waals surface area contributed by atoms with Crippen molar-refractivity contribution in [3.8, 4) is 0 Å². The predicted octanol–water partition coefficient (Wildman–Crippen LogP) is 0.908. The SMILES string of the molecule is COCCc1nncn1C(COC(C)(C)C)C(=O)O. The van der Waals surface area contributed by atoms with E-state index in [1.807, 2.05) is 20.8 Å². The van der Waals surface area contributed by atoms with Crippen LogP contribution in [0.15, 0.2) is 6.33 Å². The lowest BCUT2D eigenvalue weighted by atomic mass is 10.2. The van der Waals surface area contributed by atoms with Crippen molar-refractivity contribution in [2.45, 2.75) is 38.8 Å². The molecule has 0 saturated heterocycles. The molecule has 0 bridgehead atoms. The summed E-state index contributed by atoms with van der Waals surface area (Å²) in [4.78, 5) is 11.4. The molecule has 0 aliphatic heterocycles. The highest BCUT2D eigenvalue weighted by molar-refractivity contribution is 5.72. The van der Waals surface area contributed by atoms with Gasteiger partial charge in [0, 0.05) is 13.5 Å². The topological polar surface area (TPSA) is 86.5 Å². The highest BCUT2D eigenvalue weighted by atomic mass is 16.5. The Labute approximate surface area is 112 Å². The maximum Gasteiger partial charge on any atom is 0.329 e. The van der Waals surface area contributed by atoms with Crippen molar-refractivity contribution in [3.05, 3.63) is 12.2 Å². The number of hydrogen-bond acceptors (Lipinski definition) is 5. The average Bonchev–Trinajstić information content (AvgIpc) is 2.73. The fraction of sp³-hybridized carbons (Fsp3) is 0.750. The summed E-state index contributed by atoms with van der Waals surface area (Å²) in [6.07, 6.45) is 1.92. The zero-order valence-electron chi connectivity index (χ0n) is 11.8. The molecule has 7 heteroatoms. The fourth-order valence-electron chi connectivity index (χ4n) is 1.50. The molecule has 1 rings (SSSR count). The first-order valence-corrected chi connectivity index (χ1v) is 6.09. The second kappa shape index (κ2) is 6.63. The summed E-state index contributed by atoms with van der Waals surface area (Å²) in [5.41, 5.74) is -0.394. The van der Waals surface area contributed by atoms with E-state index in [0.29, 0.717) is 18.9 Å². The van der Waals surface area contributed by atoms with Crippen molar-refractivity contribution in [1.29, 1.82) is 0 Å². The first kappa shape index (κ1) is 15.6. The van der Waals surface area contributed by atoms with Gasteiger partial charge >= 0.3 is 5.97 Å². The Morgan fingerprint density at radius 3 is 2.74 bits per heavy atom. The summed E-state index contributed by atoms with van der Waals surface area (Å²) >= 11 is 0. The lowest BCUT2D eigenvalue weighted by molar-refractivity contribution is -0.144. The zero-order valence-corrected chi connectivity index (χ0v) is 11.8. The molecule has 0 amide bonds. The molecular weight excluding hydrogens is 250 g/mol. The highest BCUT2D eigenvalue weighted by Gasteiger charge is 2.25. The Morgan fingerprint density at radius 2 is 2.21 bits per heavy atom. The second-order valence-corrected chi connectivity index (χ2v) is 5.17. The number of carboxylic acids is 1. The van der Waals surface area contributed by atoms with Crippen LogP contribution < -0.4 is 0 Å². The van der Waals surface area contributed by atoms with E-state index in [1.165, 1.54) is 10.9 Å². The predicted molar refractivity (Wildman–Crippen MR) is 68.0 cm³/mol. The molecule has 1 aromatic heterocycles. The number of rotatable bonds is 7. The van der Waals surface area contributed by atoms with Crippen LogP contribution in [0.4, 0.5) is 0 Å². The molecular formula is C12H21N3O4. The molecule has 7 nitrogen and oxygen atoms in total. The van der Waals surface area contributed by atoms with Crippen molar-refractivity contribution in [1.82, 2.24) is 14.8 Å². The first-order chi connectivity index (χ1) is 8.85. The molecule has 0 fully saturated rings. The van der Waals surface area contributed by atoms with Crippen molar-refractivity contribution in [2.75, 3.05) is 20.3 Å². The van der Waals surface area contributed by atoms with Gasteiger partial charge in [0.1, 0.15) is 12.2 Å². The number of carbonyl (C=O) groups is 1. The molecule has 108 valence electrons. The van der Waals surface area contributed by atoms with Gasteiger partial charge in [0.15, 0.2) is 6.04 Å². The van der Waals surface area contributed by atoms with Crippen LogP contribution in [0.1, 0.15) is 32.6 Å². The third-order valence-electron chi connectivity index (χ3n) is 2.47. The van der Waals surface area contributed by atoms with Crippen LogP contribution >= 0.6 is 0 Å². The van der Waals surface area contributed by atoms with Gasteiger partial charge in [0.2, 0.25) is 0 Å². The highest BCUT2D eigenvalue weighted by Crippen LogP contribution is 2.15. The van der Waals surface area contributed by atoms with E-state index in [0.717, 1.165) is 0 Å². The minimum absolute atomic E-state index is 0.0663. The van der Waals surface area contributed by atoms with Crippen LogP contribution in [0.25, 0.3) is 0 Å². The van der Waals surface area contributed by atoms with Crippen LogP contribution in [-0.4, -0.2) is 51.8 Å². The van der Waals surface area contributed by atoms with E-state index in [9.17, 15) is 9.90 Å². The van der Waals surface area contributed by atoms with E-state index in [1.54, 1.807) is 7.11 Å². The van der Waals surface area contributed by atoms with Gasteiger partial charge in [-0.2, -0.15) is 0 Å². The maximum absolute atomic E-state index is 11.4. The van der Waals surface area contributed by atoms with E-state index in [4.69, 9.17) is 9.47 Å². The smallest absolute Gasteiger partial charge is 0.329 e. The second-order valence-electron chi connectivity index (χ2n) is 5.17. The largest absolute Gasteiger partial charge is 0.480 e. The molecule has 0 aliphatic rings. The summed E-state index contributed by atoms with van der Waals surface area (Å²) in [5, 5.41) is 17.0. The zero-order chi connectivity index (χ0) is 14.5. The molecule has 0 saturated carbocycles. The Balaban J connectivity index is 2.81. The minimum Gasteiger partial charge on any atom is -0.480 e. The van der Waals surface area contributed by atoms with Gasteiger partial charge < -0.3 is 19.1 Å². The van der Waals surface area contributed by atoms with E-state index in [-0.39, 0.29) is 6.61 Å². The molecule has 0 aliphatic carbocycles. The number of aliphatic carboxylic acids is 1. The quantitative estimate of drug-likeness (QED) is 0.793. The first-order valence-electron chi connectivity index (χ1n) is 6.09. The number of nitrogens with zero attached hydrogens (tertiary/aromatic N) is 3. The van der Waals surface area contributed by atoms with Gasteiger partial charge in [0.25, 0.3) is 0 Å². The molecule has 1 aromatic rings. The van der Waals surface area contributed by atoms with Gasteiger partial charge in [0.05, 0.1) is 18.8 Å². The monoisotopic (exact) mass is 271 g/mol. The van der Waals surface area contributed by atoms with Gasteiger partial charge in [-0.05, 0) is 20.8 Å². The number of aromatic nitrogens is 3. The Bertz CT molecular complexity index is 411.